The van der Waals surface area contributed by atoms with Crippen molar-refractivity contribution in [3.8, 4) is 5.75 Å². The van der Waals surface area contributed by atoms with Gasteiger partial charge in [0.15, 0.2) is 0 Å². The van der Waals surface area contributed by atoms with Crippen molar-refractivity contribution in [3.05, 3.63) is 83.9 Å². The number of methoxy groups -OCH3 is 1. The number of carbonyl (C=O) groups is 2. The van der Waals surface area contributed by atoms with E-state index in [2.05, 4.69) is 5.32 Å². The highest BCUT2D eigenvalue weighted by Gasteiger charge is 2.32. The Morgan fingerprint density at radius 3 is 2.20 bits per heavy atom. The lowest BCUT2D eigenvalue weighted by molar-refractivity contribution is -0.139. The predicted octanol–water partition coefficient (Wildman–Crippen LogP) is 4.86. The third kappa shape index (κ3) is 7.79. The number of benzene rings is 3. The van der Waals surface area contributed by atoms with Crippen LogP contribution in [0.15, 0.2) is 82.6 Å². The molecule has 3 aromatic rings. The average Bonchev–Trinajstić information content (AvgIpc) is 2.94. The first-order chi connectivity index (χ1) is 19.0. The van der Waals surface area contributed by atoms with Crippen molar-refractivity contribution in [2.75, 3.05) is 24.2 Å². The van der Waals surface area contributed by atoms with E-state index in [1.54, 1.807) is 80.8 Å². The fourth-order valence-corrected chi connectivity index (χ4v) is 5.89. The van der Waals surface area contributed by atoms with Gasteiger partial charge in [-0.1, -0.05) is 29.8 Å². The Morgan fingerprint density at radius 1 is 0.975 bits per heavy atom. The summed E-state index contributed by atoms with van der Waals surface area (Å²) in [4.78, 5) is 29.4. The minimum absolute atomic E-state index is 0.0728. The van der Waals surface area contributed by atoms with E-state index < -0.39 is 28.5 Å². The van der Waals surface area contributed by atoms with Gasteiger partial charge in [-0.3, -0.25) is 13.9 Å². The van der Waals surface area contributed by atoms with Gasteiger partial charge in [0.2, 0.25) is 11.8 Å². The van der Waals surface area contributed by atoms with Crippen molar-refractivity contribution in [2.24, 2.45) is 0 Å². The van der Waals surface area contributed by atoms with Crippen LogP contribution in [0.25, 0.3) is 0 Å². The maximum absolute atomic E-state index is 14.0. The lowest BCUT2D eigenvalue weighted by Gasteiger charge is -2.32. The summed E-state index contributed by atoms with van der Waals surface area (Å²) in [5.41, 5.74) is 2.05. The summed E-state index contributed by atoms with van der Waals surface area (Å²) in [6.45, 7) is 6.83. The molecule has 0 radical (unpaired) electrons. The molecule has 214 valence electrons. The number of nitrogens with one attached hydrogen (secondary N) is 1. The lowest BCUT2D eigenvalue weighted by Crippen LogP contribution is -2.52. The van der Waals surface area contributed by atoms with Crippen LogP contribution in [0.4, 0.5) is 5.69 Å². The molecule has 0 aliphatic heterocycles. The number of nitrogens with zero attached hydrogens (tertiary/aromatic N) is 2. The van der Waals surface area contributed by atoms with Gasteiger partial charge in [0.05, 0.1) is 17.7 Å². The third-order valence-corrected chi connectivity index (χ3v) is 8.87. The zero-order valence-electron chi connectivity index (χ0n) is 23.7. The largest absolute Gasteiger partial charge is 0.497 e. The number of thioether (sulfide) groups is 1. The Hall–Kier alpha value is -3.50. The smallest absolute Gasteiger partial charge is 0.264 e. The van der Waals surface area contributed by atoms with E-state index in [4.69, 9.17) is 4.74 Å². The first kappa shape index (κ1) is 31.0. The Balaban J connectivity index is 2.03. The van der Waals surface area contributed by atoms with Crippen LogP contribution in [0.3, 0.4) is 0 Å². The van der Waals surface area contributed by atoms with Crippen LogP contribution in [-0.2, 0) is 26.2 Å². The highest BCUT2D eigenvalue weighted by atomic mass is 32.2. The Bertz CT molecular complexity index is 1410. The van der Waals surface area contributed by atoms with Gasteiger partial charge >= 0.3 is 0 Å². The van der Waals surface area contributed by atoms with Gasteiger partial charge in [-0.15, -0.1) is 11.8 Å². The van der Waals surface area contributed by atoms with E-state index in [-0.39, 0.29) is 23.4 Å². The Labute approximate surface area is 241 Å². The summed E-state index contributed by atoms with van der Waals surface area (Å²) in [5.74, 6) is -0.232. The molecule has 0 fully saturated rings. The van der Waals surface area contributed by atoms with Gasteiger partial charge in [-0.05, 0) is 88.0 Å². The Kier molecular flexibility index (Phi) is 10.6. The second kappa shape index (κ2) is 13.7. The second-order valence-corrected chi connectivity index (χ2v) is 12.5. The number of anilines is 1. The van der Waals surface area contributed by atoms with Crippen molar-refractivity contribution in [1.82, 2.24) is 10.2 Å². The molecular formula is C30H37N3O5S2. The van der Waals surface area contributed by atoms with Gasteiger partial charge in [0.25, 0.3) is 10.0 Å². The molecule has 0 unspecified atom stereocenters. The molecule has 0 bridgehead atoms. The van der Waals surface area contributed by atoms with Crippen molar-refractivity contribution in [1.29, 1.82) is 0 Å². The van der Waals surface area contributed by atoms with E-state index in [1.165, 1.54) is 16.7 Å². The van der Waals surface area contributed by atoms with E-state index in [1.807, 2.05) is 33.1 Å². The molecule has 0 aliphatic rings. The molecule has 3 aromatic carbocycles. The van der Waals surface area contributed by atoms with Gasteiger partial charge in [-0.2, -0.15) is 0 Å². The van der Waals surface area contributed by atoms with Crippen molar-refractivity contribution < 1.29 is 22.7 Å². The summed E-state index contributed by atoms with van der Waals surface area (Å²) in [5, 5.41) is 2.85. The van der Waals surface area contributed by atoms with Gasteiger partial charge in [0.1, 0.15) is 18.3 Å². The molecule has 0 heterocycles. The van der Waals surface area contributed by atoms with Crippen LogP contribution in [0.2, 0.25) is 0 Å². The van der Waals surface area contributed by atoms with Crippen molar-refractivity contribution in [2.45, 2.75) is 56.1 Å². The van der Waals surface area contributed by atoms with E-state index in [9.17, 15) is 18.0 Å². The van der Waals surface area contributed by atoms with E-state index in [0.29, 0.717) is 11.4 Å². The third-order valence-electron chi connectivity index (χ3n) is 6.33. The number of amides is 2. The van der Waals surface area contributed by atoms with Crippen LogP contribution in [-0.4, -0.2) is 57.1 Å². The normalized spacial score (nSPS) is 12.1. The number of ether oxygens (including phenoxy) is 1. The molecule has 8 nitrogen and oxygen atoms in total. The number of sulfonamides is 1. The molecular weight excluding hydrogens is 546 g/mol. The number of rotatable bonds is 12. The fourth-order valence-electron chi connectivity index (χ4n) is 4.07. The summed E-state index contributed by atoms with van der Waals surface area (Å²) in [6.07, 6.45) is 1.91. The monoisotopic (exact) mass is 583 g/mol. The number of hydrogen-bond acceptors (Lipinski definition) is 6. The second-order valence-electron chi connectivity index (χ2n) is 9.74. The molecule has 0 spiro atoms. The quantitative estimate of drug-likeness (QED) is 0.306. The molecule has 40 heavy (non-hydrogen) atoms. The first-order valence-electron chi connectivity index (χ1n) is 12.9. The van der Waals surface area contributed by atoms with Crippen LogP contribution in [0, 0.1) is 6.92 Å². The maximum Gasteiger partial charge on any atom is 0.264 e. The minimum Gasteiger partial charge on any atom is -0.497 e. The van der Waals surface area contributed by atoms with Crippen LogP contribution in [0.5, 0.6) is 5.75 Å². The predicted molar refractivity (Wildman–Crippen MR) is 160 cm³/mol. The molecule has 0 saturated carbocycles. The zero-order valence-corrected chi connectivity index (χ0v) is 25.4. The highest BCUT2D eigenvalue weighted by molar-refractivity contribution is 7.98. The molecule has 3 rings (SSSR count). The molecule has 1 atom stereocenters. The van der Waals surface area contributed by atoms with Gasteiger partial charge in [-0.25, -0.2) is 8.42 Å². The Morgan fingerprint density at radius 2 is 1.62 bits per heavy atom. The molecule has 10 heteroatoms. The summed E-state index contributed by atoms with van der Waals surface area (Å²) < 4.78 is 34.3. The summed E-state index contributed by atoms with van der Waals surface area (Å²) in [6, 6.07) is 19.7. The summed E-state index contributed by atoms with van der Waals surface area (Å²) in [7, 11) is -2.56. The maximum atomic E-state index is 14.0. The SMILES string of the molecule is COc1cccc(CN(C(=O)CN(c2ccc(C)cc2)S(=O)(=O)c2ccc(SC)cc2)[C@H](C)C(=O)NC(C)C)c1. The highest BCUT2D eigenvalue weighted by Crippen LogP contribution is 2.27. The molecule has 1 N–H and O–H groups in total. The molecule has 0 saturated heterocycles. The minimum atomic E-state index is -4.11. The van der Waals surface area contributed by atoms with E-state index >= 15 is 0 Å². The molecule has 0 aliphatic carbocycles. The number of aryl methyl sites for hydroxylation is 1. The van der Waals surface area contributed by atoms with Gasteiger partial charge in [0, 0.05) is 17.5 Å². The van der Waals surface area contributed by atoms with Crippen LogP contribution < -0.4 is 14.4 Å². The van der Waals surface area contributed by atoms with Crippen molar-refractivity contribution >= 4 is 39.3 Å². The standard InChI is InChI=1S/C30H37N3O5S2/c1-21(2)31-30(35)23(4)32(19-24-8-7-9-26(18-24)38-5)29(34)20-33(25-12-10-22(3)11-13-25)40(36,37)28-16-14-27(39-6)15-17-28/h7-18,21,23H,19-20H2,1-6H3,(H,31,35)/t23-/m1/s1. The number of carbonyl (C=O) groups excluding carboxylic acids is 2. The fraction of sp³-hybridized carbons (Fsp3) is 0.333. The summed E-state index contributed by atoms with van der Waals surface area (Å²) >= 11 is 1.51. The van der Waals surface area contributed by atoms with Crippen LogP contribution in [0.1, 0.15) is 31.9 Å². The topological polar surface area (TPSA) is 96.0 Å². The average molecular weight is 584 g/mol. The van der Waals surface area contributed by atoms with Crippen LogP contribution >= 0.6 is 11.8 Å². The van der Waals surface area contributed by atoms with Crippen molar-refractivity contribution in [3.63, 3.8) is 0 Å². The van der Waals surface area contributed by atoms with E-state index in [0.717, 1.165) is 20.3 Å². The zero-order chi connectivity index (χ0) is 29.4. The molecule has 0 aromatic heterocycles. The van der Waals surface area contributed by atoms with Gasteiger partial charge < -0.3 is 15.0 Å². The lowest BCUT2D eigenvalue weighted by atomic mass is 10.1. The number of hydrogen-bond donors (Lipinski definition) is 1. The first-order valence-corrected chi connectivity index (χ1v) is 15.6. The molecule has 2 amide bonds.